The number of hydrogen-bond donors (Lipinski definition) is 1. The van der Waals surface area contributed by atoms with Gasteiger partial charge in [-0.1, -0.05) is 31.0 Å². The van der Waals surface area contributed by atoms with E-state index in [2.05, 4.69) is 5.32 Å². The number of nitrogens with zero attached hydrogens (tertiary/aromatic N) is 1. The van der Waals surface area contributed by atoms with Crippen LogP contribution in [0, 0.1) is 0 Å². The number of alkyl halides is 3. The molecule has 2 aliphatic rings. The number of nitrogens with one attached hydrogen (secondary N) is 1. The number of benzene rings is 1. The van der Waals surface area contributed by atoms with Gasteiger partial charge in [0.15, 0.2) is 0 Å². The lowest BCUT2D eigenvalue weighted by Crippen LogP contribution is -2.36. The molecule has 0 spiro atoms. The highest BCUT2D eigenvalue weighted by atomic mass is 19.4. The van der Waals surface area contributed by atoms with Crippen LogP contribution >= 0.6 is 0 Å². The first-order chi connectivity index (χ1) is 11.9. The van der Waals surface area contributed by atoms with Gasteiger partial charge in [-0.15, -0.1) is 0 Å². The molecule has 0 heterocycles. The van der Waals surface area contributed by atoms with Gasteiger partial charge in [0.1, 0.15) is 0 Å². The maximum absolute atomic E-state index is 13.2. The molecule has 0 bridgehead atoms. The van der Waals surface area contributed by atoms with Gasteiger partial charge < -0.3 is 5.32 Å². The number of halogens is 3. The zero-order chi connectivity index (χ0) is 17.9. The topological polar surface area (TPSA) is 32.3 Å². The molecule has 25 heavy (non-hydrogen) atoms. The Morgan fingerprint density at radius 2 is 1.80 bits per heavy atom. The van der Waals surface area contributed by atoms with Gasteiger partial charge in [0.2, 0.25) is 5.91 Å². The number of rotatable bonds is 7. The van der Waals surface area contributed by atoms with Crippen LogP contribution in [-0.4, -0.2) is 29.4 Å². The lowest BCUT2D eigenvalue weighted by molar-refractivity contribution is -0.138. The van der Waals surface area contributed by atoms with Crippen molar-refractivity contribution >= 4 is 5.91 Å². The Labute approximate surface area is 146 Å². The van der Waals surface area contributed by atoms with E-state index in [0.717, 1.165) is 44.6 Å². The van der Waals surface area contributed by atoms with Crippen LogP contribution in [-0.2, 0) is 17.5 Å². The molecule has 1 N–H and O–H groups in total. The van der Waals surface area contributed by atoms with E-state index in [1.807, 2.05) is 4.90 Å². The van der Waals surface area contributed by atoms with Crippen molar-refractivity contribution in [2.75, 3.05) is 6.54 Å². The van der Waals surface area contributed by atoms with Gasteiger partial charge in [0, 0.05) is 31.6 Å². The van der Waals surface area contributed by atoms with E-state index < -0.39 is 11.7 Å². The van der Waals surface area contributed by atoms with Crippen molar-refractivity contribution in [2.24, 2.45) is 0 Å². The highest BCUT2D eigenvalue weighted by Gasteiger charge is 2.35. The molecule has 0 atom stereocenters. The van der Waals surface area contributed by atoms with Crippen LogP contribution in [0.2, 0.25) is 0 Å². The molecule has 0 saturated heterocycles. The van der Waals surface area contributed by atoms with Gasteiger partial charge in [-0.25, -0.2) is 0 Å². The first-order valence-corrected chi connectivity index (χ1v) is 9.12. The van der Waals surface area contributed by atoms with E-state index in [1.165, 1.54) is 12.1 Å². The summed E-state index contributed by atoms with van der Waals surface area (Å²) in [5.41, 5.74) is -0.283. The Morgan fingerprint density at radius 3 is 2.44 bits per heavy atom. The lowest BCUT2D eigenvalue weighted by atomic mass is 10.1. The maximum atomic E-state index is 13.2. The third-order valence-electron chi connectivity index (χ3n) is 5.11. The van der Waals surface area contributed by atoms with Crippen LogP contribution < -0.4 is 5.32 Å². The second-order valence-electron chi connectivity index (χ2n) is 7.16. The fraction of sp³-hybridized carbons (Fsp3) is 0.632. The van der Waals surface area contributed by atoms with Crippen molar-refractivity contribution in [3.8, 4) is 0 Å². The Kier molecular flexibility index (Phi) is 5.67. The minimum atomic E-state index is -4.34. The van der Waals surface area contributed by atoms with Crippen LogP contribution in [0.5, 0.6) is 0 Å². The van der Waals surface area contributed by atoms with Crippen molar-refractivity contribution in [1.82, 2.24) is 10.2 Å². The second kappa shape index (κ2) is 7.77. The number of hydrogen-bond acceptors (Lipinski definition) is 2. The van der Waals surface area contributed by atoms with E-state index in [4.69, 9.17) is 0 Å². The zero-order valence-corrected chi connectivity index (χ0v) is 14.3. The van der Waals surface area contributed by atoms with Gasteiger partial charge in [-0.3, -0.25) is 9.69 Å². The molecule has 1 aromatic rings. The first kappa shape index (κ1) is 18.2. The van der Waals surface area contributed by atoms with E-state index in [1.54, 1.807) is 6.07 Å². The van der Waals surface area contributed by atoms with Gasteiger partial charge in [0.25, 0.3) is 0 Å². The van der Waals surface area contributed by atoms with Crippen LogP contribution in [0.3, 0.4) is 0 Å². The Morgan fingerprint density at radius 1 is 1.12 bits per heavy atom. The summed E-state index contributed by atoms with van der Waals surface area (Å²) in [6.45, 7) is 0.756. The van der Waals surface area contributed by atoms with Gasteiger partial charge >= 0.3 is 6.18 Å². The molecule has 2 saturated carbocycles. The molecule has 6 heteroatoms. The summed E-state index contributed by atoms with van der Waals surface area (Å²) < 4.78 is 39.5. The number of carbonyl (C=O) groups is 1. The predicted octanol–water partition coefficient (Wildman–Crippen LogP) is 4.12. The van der Waals surface area contributed by atoms with Crippen LogP contribution in [0.4, 0.5) is 13.2 Å². The number of carbonyl (C=O) groups excluding carboxylic acids is 1. The average Bonchev–Trinajstić information content (AvgIpc) is 3.28. The quantitative estimate of drug-likeness (QED) is 0.799. The molecule has 2 fully saturated rings. The monoisotopic (exact) mass is 354 g/mol. The first-order valence-electron chi connectivity index (χ1n) is 9.12. The van der Waals surface area contributed by atoms with Gasteiger partial charge in [0.05, 0.1) is 5.56 Å². The largest absolute Gasteiger partial charge is 0.416 e. The van der Waals surface area contributed by atoms with Crippen molar-refractivity contribution in [3.63, 3.8) is 0 Å². The normalized spacial score (nSPS) is 18.7. The molecule has 0 aliphatic heterocycles. The highest BCUT2D eigenvalue weighted by molar-refractivity contribution is 5.76. The van der Waals surface area contributed by atoms with Crippen LogP contribution in [0.15, 0.2) is 24.3 Å². The van der Waals surface area contributed by atoms with E-state index in [0.29, 0.717) is 19.0 Å². The molecule has 138 valence electrons. The van der Waals surface area contributed by atoms with Gasteiger partial charge in [-0.2, -0.15) is 13.2 Å². The standard InChI is InChI=1S/C19H25F3N2O/c20-19(21,22)17-8-4-1-5-14(17)13-24(16-9-10-16)12-11-18(25)23-15-6-2-3-7-15/h1,4-5,8,15-16H,2-3,6-7,9-13H2,(H,23,25). The maximum Gasteiger partial charge on any atom is 0.416 e. The fourth-order valence-electron chi connectivity index (χ4n) is 3.60. The fourth-order valence-corrected chi connectivity index (χ4v) is 3.60. The molecule has 3 rings (SSSR count). The van der Waals surface area contributed by atoms with Gasteiger partial charge in [-0.05, 0) is 37.3 Å². The molecule has 0 aromatic heterocycles. The Bertz CT molecular complexity index is 593. The summed E-state index contributed by atoms with van der Waals surface area (Å²) in [5.74, 6) is 0.0154. The van der Waals surface area contributed by atoms with Crippen molar-refractivity contribution in [1.29, 1.82) is 0 Å². The molecule has 0 unspecified atom stereocenters. The van der Waals surface area contributed by atoms with Crippen molar-refractivity contribution < 1.29 is 18.0 Å². The minimum Gasteiger partial charge on any atom is -0.353 e. The van der Waals surface area contributed by atoms with Crippen molar-refractivity contribution in [3.05, 3.63) is 35.4 Å². The van der Waals surface area contributed by atoms with E-state index >= 15 is 0 Å². The summed E-state index contributed by atoms with van der Waals surface area (Å²) in [4.78, 5) is 14.1. The second-order valence-corrected chi connectivity index (χ2v) is 7.16. The SMILES string of the molecule is O=C(CCN(Cc1ccccc1C(F)(F)F)C1CC1)NC1CCCC1. The molecule has 2 aliphatic carbocycles. The molecule has 1 aromatic carbocycles. The predicted molar refractivity (Wildman–Crippen MR) is 89.9 cm³/mol. The Balaban J connectivity index is 1.58. The molecular weight excluding hydrogens is 329 g/mol. The summed E-state index contributed by atoms with van der Waals surface area (Å²) in [5, 5.41) is 3.05. The highest BCUT2D eigenvalue weighted by Crippen LogP contribution is 2.34. The third kappa shape index (κ3) is 5.21. The summed E-state index contributed by atoms with van der Waals surface area (Å²) in [6.07, 6.45) is 2.40. The lowest BCUT2D eigenvalue weighted by Gasteiger charge is -2.24. The van der Waals surface area contributed by atoms with Crippen molar-refractivity contribution in [2.45, 2.75) is 69.8 Å². The number of amides is 1. The molecule has 0 radical (unpaired) electrons. The van der Waals surface area contributed by atoms with E-state index in [-0.39, 0.29) is 24.1 Å². The summed E-state index contributed by atoms with van der Waals surface area (Å²) in [7, 11) is 0. The molecule has 3 nitrogen and oxygen atoms in total. The van der Waals surface area contributed by atoms with E-state index in [9.17, 15) is 18.0 Å². The Hall–Kier alpha value is -1.56. The third-order valence-corrected chi connectivity index (χ3v) is 5.11. The zero-order valence-electron chi connectivity index (χ0n) is 14.3. The van der Waals surface area contributed by atoms with Crippen LogP contribution in [0.1, 0.15) is 56.1 Å². The molecular formula is C19H25F3N2O. The smallest absolute Gasteiger partial charge is 0.353 e. The minimum absolute atomic E-state index is 0.0154. The summed E-state index contributed by atoms with van der Waals surface area (Å²) in [6, 6.07) is 6.32. The average molecular weight is 354 g/mol. The van der Waals surface area contributed by atoms with Crippen LogP contribution in [0.25, 0.3) is 0 Å². The summed E-state index contributed by atoms with van der Waals surface area (Å²) >= 11 is 0. The molecule has 1 amide bonds.